The highest BCUT2D eigenvalue weighted by Gasteiger charge is 2.53. The molecule has 11 nitrogen and oxygen atoms in total. The Balaban J connectivity index is 1.41. The minimum absolute atomic E-state index is 0.0113. The average molecular weight is 507 g/mol. The summed E-state index contributed by atoms with van der Waals surface area (Å²) in [7, 11) is 0. The summed E-state index contributed by atoms with van der Waals surface area (Å²) in [6.45, 7) is 1.31. The molecule has 1 aromatic carbocycles. The number of esters is 1. The Morgan fingerprint density at radius 2 is 1.78 bits per heavy atom. The molecule has 196 valence electrons. The first-order valence-corrected chi connectivity index (χ1v) is 11.7. The number of hydrogen-bond acceptors (Lipinski definition) is 10. The maximum Gasteiger partial charge on any atom is 0.334 e. The number of aliphatic carboxylic acids is 1. The van der Waals surface area contributed by atoms with Crippen LogP contribution in [0, 0.1) is 17.8 Å². The van der Waals surface area contributed by atoms with Crippen molar-refractivity contribution in [2.24, 2.45) is 17.8 Å². The number of hydrogen-bond donors (Lipinski definition) is 5. The minimum atomic E-state index is -1.68. The van der Waals surface area contributed by atoms with Gasteiger partial charge in [0, 0.05) is 17.9 Å². The van der Waals surface area contributed by atoms with Crippen LogP contribution in [-0.2, 0) is 28.5 Å². The third kappa shape index (κ3) is 5.46. The highest BCUT2D eigenvalue weighted by Crippen LogP contribution is 2.47. The second-order valence-electron chi connectivity index (χ2n) is 9.25. The molecule has 5 N–H and O–H groups in total. The maximum atomic E-state index is 12.1. The van der Waals surface area contributed by atoms with Gasteiger partial charge in [0.25, 0.3) is 0 Å². The summed E-state index contributed by atoms with van der Waals surface area (Å²) in [5, 5.41) is 50.9. The number of rotatable bonds is 7. The lowest BCUT2D eigenvalue weighted by atomic mass is 9.83. The van der Waals surface area contributed by atoms with Crippen LogP contribution >= 0.6 is 0 Å². The SMILES string of the molecule is C[C@H]1[C@H]2[C@H](O[C@@H]3O[C@H](COC(=O)/C=C/c4ccccc4)[C@@H](O)[C@H](O)[C@H]3O)OC=C(C(=O)O)[C@H]2C[C@@H]1O. The predicted molar refractivity (Wildman–Crippen MR) is 122 cm³/mol. The van der Waals surface area contributed by atoms with Gasteiger partial charge in [-0.1, -0.05) is 37.3 Å². The highest BCUT2D eigenvalue weighted by molar-refractivity contribution is 5.87. The molecular weight excluding hydrogens is 476 g/mol. The molecule has 10 atom stereocenters. The van der Waals surface area contributed by atoms with Gasteiger partial charge in [0.2, 0.25) is 6.29 Å². The number of ether oxygens (including phenoxy) is 4. The zero-order valence-corrected chi connectivity index (χ0v) is 19.5. The third-order valence-electron chi connectivity index (χ3n) is 7.00. The van der Waals surface area contributed by atoms with Crippen molar-refractivity contribution in [3.63, 3.8) is 0 Å². The molecule has 2 aliphatic heterocycles. The van der Waals surface area contributed by atoms with Gasteiger partial charge in [-0.2, -0.15) is 0 Å². The van der Waals surface area contributed by atoms with E-state index in [0.717, 1.165) is 11.8 Å². The van der Waals surface area contributed by atoms with Crippen molar-refractivity contribution in [1.82, 2.24) is 0 Å². The van der Waals surface area contributed by atoms with Gasteiger partial charge < -0.3 is 44.5 Å². The molecule has 1 aliphatic carbocycles. The molecule has 0 unspecified atom stereocenters. The quantitative estimate of drug-likeness (QED) is 0.249. The number of carboxylic acid groups (broad SMARTS) is 1. The molecule has 11 heteroatoms. The van der Waals surface area contributed by atoms with Gasteiger partial charge >= 0.3 is 11.9 Å². The maximum absolute atomic E-state index is 12.1. The largest absolute Gasteiger partial charge is 0.478 e. The number of carbonyl (C=O) groups excluding carboxylic acids is 1. The fourth-order valence-electron chi connectivity index (χ4n) is 4.92. The molecule has 36 heavy (non-hydrogen) atoms. The van der Waals surface area contributed by atoms with Crippen LogP contribution in [0.15, 0.2) is 48.2 Å². The lowest BCUT2D eigenvalue weighted by molar-refractivity contribution is -0.342. The van der Waals surface area contributed by atoms with Gasteiger partial charge in [0.15, 0.2) is 6.29 Å². The molecule has 0 spiro atoms. The summed E-state index contributed by atoms with van der Waals surface area (Å²) in [6, 6.07) is 9.06. The van der Waals surface area contributed by atoms with Crippen LogP contribution in [0.4, 0.5) is 0 Å². The first-order chi connectivity index (χ1) is 17.2. The summed E-state index contributed by atoms with van der Waals surface area (Å²) >= 11 is 0. The summed E-state index contributed by atoms with van der Waals surface area (Å²) in [4.78, 5) is 23.7. The second-order valence-corrected chi connectivity index (χ2v) is 9.25. The molecule has 2 fully saturated rings. The van der Waals surface area contributed by atoms with E-state index < -0.39 is 73.5 Å². The number of aliphatic hydroxyl groups excluding tert-OH is 4. The Kier molecular flexibility index (Phi) is 8.08. The summed E-state index contributed by atoms with van der Waals surface area (Å²) in [6.07, 6.45) is -5.48. The Labute approximate surface area is 207 Å². The van der Waals surface area contributed by atoms with Gasteiger partial charge in [-0.15, -0.1) is 0 Å². The van der Waals surface area contributed by atoms with Crippen molar-refractivity contribution < 1.29 is 54.1 Å². The van der Waals surface area contributed by atoms with Crippen LogP contribution in [0.5, 0.6) is 0 Å². The fourth-order valence-corrected chi connectivity index (χ4v) is 4.92. The van der Waals surface area contributed by atoms with Crippen molar-refractivity contribution in [2.75, 3.05) is 6.61 Å². The summed E-state index contributed by atoms with van der Waals surface area (Å²) in [5.41, 5.74) is 0.796. The van der Waals surface area contributed by atoms with E-state index in [2.05, 4.69) is 0 Å². The molecule has 0 bridgehead atoms. The Morgan fingerprint density at radius 3 is 2.47 bits per heavy atom. The molecule has 3 aliphatic rings. The van der Waals surface area contributed by atoms with Crippen molar-refractivity contribution in [3.05, 3.63) is 53.8 Å². The summed E-state index contributed by atoms with van der Waals surface area (Å²) < 4.78 is 22.1. The van der Waals surface area contributed by atoms with Crippen LogP contribution < -0.4 is 0 Å². The molecule has 0 radical (unpaired) electrons. The van der Waals surface area contributed by atoms with E-state index >= 15 is 0 Å². The lowest BCUT2D eigenvalue weighted by Gasteiger charge is -2.43. The topological polar surface area (TPSA) is 172 Å². The van der Waals surface area contributed by atoms with Gasteiger partial charge in [0.05, 0.1) is 17.9 Å². The fraction of sp³-hybridized carbons (Fsp3) is 0.520. The predicted octanol–water partition coefficient (Wildman–Crippen LogP) is 0.0251. The van der Waals surface area contributed by atoms with Crippen molar-refractivity contribution in [1.29, 1.82) is 0 Å². The van der Waals surface area contributed by atoms with Crippen LogP contribution in [0.2, 0.25) is 0 Å². The van der Waals surface area contributed by atoms with Crippen LogP contribution in [0.3, 0.4) is 0 Å². The van der Waals surface area contributed by atoms with E-state index in [4.69, 9.17) is 18.9 Å². The molecular formula is C25H30O11. The Hall–Kier alpha value is -2.80. The van der Waals surface area contributed by atoms with E-state index in [1.165, 1.54) is 6.08 Å². The first kappa shape index (κ1) is 26.3. The second kappa shape index (κ2) is 11.1. The standard InChI is InChI=1S/C25H30O11/c1-12-16(26)9-14-15(23(31)32)10-34-24(19(12)14)36-25-22(30)21(29)20(28)17(35-25)11-33-18(27)8-7-13-5-3-2-4-6-13/h2-8,10,12,14,16-17,19-22,24-26,28-30H,9,11H2,1H3,(H,31,32)/b8-7+/t12-,14-,16+,17-,19-,20-,21+,22-,24+,25+/m1/s1. The Bertz CT molecular complexity index is 993. The van der Waals surface area contributed by atoms with E-state index in [1.807, 2.05) is 18.2 Å². The van der Waals surface area contributed by atoms with Gasteiger partial charge in [0.1, 0.15) is 31.0 Å². The first-order valence-electron chi connectivity index (χ1n) is 11.7. The Morgan fingerprint density at radius 1 is 1.06 bits per heavy atom. The van der Waals surface area contributed by atoms with Crippen molar-refractivity contribution in [2.45, 2.75) is 56.4 Å². The van der Waals surface area contributed by atoms with E-state index in [9.17, 15) is 35.1 Å². The average Bonchev–Trinajstić information content (AvgIpc) is 3.17. The zero-order chi connectivity index (χ0) is 26.0. The van der Waals surface area contributed by atoms with E-state index in [-0.39, 0.29) is 17.9 Å². The minimum Gasteiger partial charge on any atom is -0.478 e. The number of carbonyl (C=O) groups is 2. The van der Waals surface area contributed by atoms with Crippen molar-refractivity contribution in [3.8, 4) is 0 Å². The molecule has 0 amide bonds. The smallest absolute Gasteiger partial charge is 0.334 e. The molecule has 0 aromatic heterocycles. The monoisotopic (exact) mass is 506 g/mol. The molecule has 2 heterocycles. The summed E-state index contributed by atoms with van der Waals surface area (Å²) in [5.74, 6) is -3.36. The van der Waals surface area contributed by atoms with Crippen LogP contribution in [0.25, 0.3) is 6.08 Å². The number of aliphatic hydroxyl groups is 4. The van der Waals surface area contributed by atoms with Gasteiger partial charge in [-0.3, -0.25) is 0 Å². The normalized spacial score (nSPS) is 38.2. The molecule has 1 saturated carbocycles. The lowest BCUT2D eigenvalue weighted by Crippen LogP contribution is -2.60. The zero-order valence-electron chi connectivity index (χ0n) is 19.5. The third-order valence-corrected chi connectivity index (χ3v) is 7.00. The van der Waals surface area contributed by atoms with Crippen LogP contribution in [-0.4, -0.2) is 87.2 Å². The van der Waals surface area contributed by atoms with Crippen molar-refractivity contribution >= 4 is 18.0 Å². The highest BCUT2D eigenvalue weighted by atomic mass is 16.8. The molecule has 1 saturated heterocycles. The number of carboxylic acids is 1. The number of fused-ring (bicyclic) bond motifs is 1. The van der Waals surface area contributed by atoms with Gasteiger partial charge in [-0.25, -0.2) is 9.59 Å². The molecule has 4 rings (SSSR count). The van der Waals surface area contributed by atoms with Crippen LogP contribution in [0.1, 0.15) is 18.9 Å². The molecule has 1 aromatic rings. The van der Waals surface area contributed by atoms with E-state index in [0.29, 0.717) is 0 Å². The van der Waals surface area contributed by atoms with Gasteiger partial charge in [-0.05, 0) is 24.0 Å². The van der Waals surface area contributed by atoms with E-state index in [1.54, 1.807) is 25.1 Å². The number of benzene rings is 1.